The second-order valence-electron chi connectivity index (χ2n) is 9.21. The minimum absolute atomic E-state index is 0.0595. The van der Waals surface area contributed by atoms with Crippen molar-refractivity contribution in [2.24, 2.45) is 11.8 Å². The number of rotatable bonds is 11. The van der Waals surface area contributed by atoms with E-state index in [9.17, 15) is 4.79 Å². The fraction of sp³-hybridized carbons (Fsp3) is 0.773. The molecule has 4 heteroatoms. The van der Waals surface area contributed by atoms with Gasteiger partial charge in [-0.25, -0.2) is 0 Å². The smallest absolute Gasteiger partial charge is 0.302 e. The van der Waals surface area contributed by atoms with Crippen LogP contribution in [-0.2, 0) is 14.0 Å². The van der Waals surface area contributed by atoms with E-state index >= 15 is 0 Å². The number of hydrogen-bond acceptors (Lipinski definition) is 3. The third kappa shape index (κ3) is 9.72. The summed E-state index contributed by atoms with van der Waals surface area (Å²) in [7, 11) is -1.87. The van der Waals surface area contributed by atoms with Gasteiger partial charge >= 0.3 is 5.97 Å². The molecule has 3 atom stereocenters. The van der Waals surface area contributed by atoms with Crippen LogP contribution in [0.25, 0.3) is 0 Å². The lowest BCUT2D eigenvalue weighted by molar-refractivity contribution is -0.140. The summed E-state index contributed by atoms with van der Waals surface area (Å²) in [5.74, 6) is 0.584. The molecular weight excluding hydrogens is 340 g/mol. The van der Waals surface area contributed by atoms with Crippen LogP contribution in [0, 0.1) is 11.8 Å². The van der Waals surface area contributed by atoms with E-state index in [2.05, 4.69) is 73.4 Å². The summed E-state index contributed by atoms with van der Waals surface area (Å²) >= 11 is 0. The highest BCUT2D eigenvalue weighted by Crippen LogP contribution is 2.38. The lowest BCUT2D eigenvalue weighted by Gasteiger charge is -2.40. The van der Waals surface area contributed by atoms with Gasteiger partial charge in [-0.15, -0.1) is 0 Å². The Kier molecular flexibility index (Phi) is 10.7. The fourth-order valence-electron chi connectivity index (χ4n) is 2.55. The number of allylic oxidation sites excluding steroid dienone is 1. The van der Waals surface area contributed by atoms with Gasteiger partial charge in [0.15, 0.2) is 8.32 Å². The van der Waals surface area contributed by atoms with E-state index in [4.69, 9.17) is 9.16 Å². The van der Waals surface area contributed by atoms with Gasteiger partial charge in [0.2, 0.25) is 0 Å². The third-order valence-electron chi connectivity index (χ3n) is 5.26. The van der Waals surface area contributed by atoms with Crippen molar-refractivity contribution in [2.75, 3.05) is 6.61 Å². The quantitative estimate of drug-likeness (QED) is 0.232. The molecule has 0 saturated carbocycles. The first-order valence-corrected chi connectivity index (χ1v) is 12.9. The van der Waals surface area contributed by atoms with Gasteiger partial charge in [-0.1, -0.05) is 66.7 Å². The van der Waals surface area contributed by atoms with Crippen LogP contribution in [0.4, 0.5) is 0 Å². The molecule has 0 aliphatic carbocycles. The van der Waals surface area contributed by atoms with Crippen LogP contribution >= 0.6 is 0 Å². The standard InChI is InChI=1S/C22H42O3Si/c1-11-12-17(2)13-14-21(25-26(9,10)22(6,7)8)19(4)15-18(3)16-24-20(5)23/h13-14,17,19,21H,3,11-12,15-16H2,1-2,4-10H3/b14-13+/t17-,19-,21-/m0/s1. The maximum absolute atomic E-state index is 11.0. The molecule has 0 rings (SSSR count). The molecule has 3 nitrogen and oxygen atoms in total. The van der Waals surface area contributed by atoms with Crippen LogP contribution in [0.15, 0.2) is 24.3 Å². The minimum atomic E-state index is -1.87. The Bertz CT molecular complexity index is 474. The molecule has 0 heterocycles. The molecule has 0 N–H and O–H groups in total. The van der Waals surface area contributed by atoms with Crippen molar-refractivity contribution < 1.29 is 14.0 Å². The van der Waals surface area contributed by atoms with Gasteiger partial charge in [0, 0.05) is 6.92 Å². The highest BCUT2D eigenvalue weighted by Gasteiger charge is 2.39. The van der Waals surface area contributed by atoms with Gasteiger partial charge in [0.1, 0.15) is 6.61 Å². The van der Waals surface area contributed by atoms with Crippen LogP contribution < -0.4 is 0 Å². The van der Waals surface area contributed by atoms with Crippen LogP contribution in [-0.4, -0.2) is 27.0 Å². The van der Waals surface area contributed by atoms with E-state index < -0.39 is 8.32 Å². The summed E-state index contributed by atoms with van der Waals surface area (Å²) in [4.78, 5) is 11.0. The second kappa shape index (κ2) is 11.1. The Morgan fingerprint density at radius 2 is 1.77 bits per heavy atom. The number of carbonyl (C=O) groups excluding carboxylic acids is 1. The van der Waals surface area contributed by atoms with Crippen molar-refractivity contribution >= 4 is 14.3 Å². The predicted molar refractivity (Wildman–Crippen MR) is 115 cm³/mol. The third-order valence-corrected chi connectivity index (χ3v) is 9.74. The SMILES string of the molecule is C=C(COC(C)=O)C[C@H](C)[C@H](/C=C/[C@@H](C)CCC)O[Si](C)(C)C(C)(C)C. The molecule has 152 valence electrons. The summed E-state index contributed by atoms with van der Waals surface area (Å²) in [6.45, 7) is 23.9. The average molecular weight is 383 g/mol. The maximum atomic E-state index is 11.0. The minimum Gasteiger partial charge on any atom is -0.461 e. The van der Waals surface area contributed by atoms with Crippen LogP contribution in [0.1, 0.15) is 67.7 Å². The zero-order valence-electron chi connectivity index (χ0n) is 18.6. The molecule has 0 radical (unpaired) electrons. The van der Waals surface area contributed by atoms with Crippen LogP contribution in [0.2, 0.25) is 18.1 Å². The normalized spacial score (nSPS) is 16.3. The summed E-state index contributed by atoms with van der Waals surface area (Å²) in [5.41, 5.74) is 0.937. The molecule has 0 aliphatic heterocycles. The molecule has 0 amide bonds. The monoisotopic (exact) mass is 382 g/mol. The summed E-state index contributed by atoms with van der Waals surface area (Å²) in [6, 6.07) is 0. The zero-order valence-corrected chi connectivity index (χ0v) is 19.6. The molecule has 0 aliphatic rings. The van der Waals surface area contributed by atoms with Crippen molar-refractivity contribution in [1.82, 2.24) is 0 Å². The van der Waals surface area contributed by atoms with Gasteiger partial charge in [-0.2, -0.15) is 0 Å². The number of ether oxygens (including phenoxy) is 1. The Labute approximate surface area is 163 Å². The summed E-state index contributed by atoms with van der Waals surface area (Å²) < 4.78 is 11.8. The first kappa shape index (κ1) is 25.1. The second-order valence-corrected chi connectivity index (χ2v) is 14.0. The first-order chi connectivity index (χ1) is 11.8. The molecular formula is C22H42O3Si. The molecule has 26 heavy (non-hydrogen) atoms. The summed E-state index contributed by atoms with van der Waals surface area (Å²) in [5, 5.41) is 0.169. The van der Waals surface area contributed by atoms with E-state index in [1.807, 2.05) is 0 Å². The van der Waals surface area contributed by atoms with Crippen molar-refractivity contribution in [1.29, 1.82) is 0 Å². The van der Waals surface area contributed by atoms with Crippen LogP contribution in [0.5, 0.6) is 0 Å². The van der Waals surface area contributed by atoms with Crippen LogP contribution in [0.3, 0.4) is 0 Å². The van der Waals surface area contributed by atoms with E-state index in [1.54, 1.807) is 0 Å². The van der Waals surface area contributed by atoms with Crippen molar-refractivity contribution in [3.63, 3.8) is 0 Å². The van der Waals surface area contributed by atoms with Crippen molar-refractivity contribution in [3.05, 3.63) is 24.3 Å². The van der Waals surface area contributed by atoms with E-state index in [1.165, 1.54) is 19.8 Å². The van der Waals surface area contributed by atoms with E-state index in [0.29, 0.717) is 12.5 Å². The predicted octanol–water partition coefficient (Wildman–Crippen LogP) is 6.51. The van der Waals surface area contributed by atoms with Gasteiger partial charge in [0.05, 0.1) is 6.10 Å². The van der Waals surface area contributed by atoms with Gasteiger partial charge in [-0.05, 0) is 48.4 Å². The topological polar surface area (TPSA) is 35.5 Å². The Hall–Kier alpha value is -0.873. The van der Waals surface area contributed by atoms with E-state index in [-0.39, 0.29) is 23.0 Å². The first-order valence-electron chi connectivity index (χ1n) is 9.96. The molecule has 0 fully saturated rings. The van der Waals surface area contributed by atoms with Gasteiger partial charge in [-0.3, -0.25) is 4.79 Å². The number of esters is 1. The van der Waals surface area contributed by atoms with Gasteiger partial charge < -0.3 is 9.16 Å². The molecule has 0 spiro atoms. The molecule has 0 aromatic heterocycles. The molecule has 0 saturated heterocycles. The molecule has 0 aromatic rings. The largest absolute Gasteiger partial charge is 0.461 e. The average Bonchev–Trinajstić information content (AvgIpc) is 2.48. The fourth-order valence-corrected chi connectivity index (χ4v) is 3.89. The maximum Gasteiger partial charge on any atom is 0.302 e. The lowest BCUT2D eigenvalue weighted by atomic mass is 9.95. The highest BCUT2D eigenvalue weighted by molar-refractivity contribution is 6.74. The van der Waals surface area contributed by atoms with Gasteiger partial charge in [0.25, 0.3) is 0 Å². The Morgan fingerprint density at radius 1 is 1.19 bits per heavy atom. The number of hydrogen-bond donors (Lipinski definition) is 0. The lowest BCUT2D eigenvalue weighted by Crippen LogP contribution is -2.45. The Morgan fingerprint density at radius 3 is 2.23 bits per heavy atom. The summed E-state index contributed by atoms with van der Waals surface area (Å²) in [6.07, 6.45) is 7.78. The van der Waals surface area contributed by atoms with Crippen molar-refractivity contribution in [2.45, 2.75) is 92.0 Å². The van der Waals surface area contributed by atoms with Crippen molar-refractivity contribution in [3.8, 4) is 0 Å². The molecule has 0 unspecified atom stereocenters. The zero-order chi connectivity index (χ0) is 20.5. The highest BCUT2D eigenvalue weighted by atomic mass is 28.4. The Balaban J connectivity index is 5.18. The molecule has 0 aromatic carbocycles. The van der Waals surface area contributed by atoms with E-state index in [0.717, 1.165) is 12.0 Å². The molecule has 0 bridgehead atoms. The number of carbonyl (C=O) groups is 1.